The van der Waals surface area contributed by atoms with Crippen LogP contribution >= 0.6 is 0 Å². The lowest BCUT2D eigenvalue weighted by atomic mass is 10.1. The minimum Gasteiger partial charge on any atom is -0.351 e. The molecule has 0 atom stereocenters. The largest absolute Gasteiger partial charge is 0.351 e. The van der Waals surface area contributed by atoms with Gasteiger partial charge >= 0.3 is 0 Å². The Labute approximate surface area is 141 Å². The average molecular weight is 325 g/mol. The van der Waals surface area contributed by atoms with Gasteiger partial charge in [0.2, 0.25) is 5.91 Å². The number of nitrogens with one attached hydrogen (secondary N) is 1. The molecule has 5 heteroatoms. The minimum atomic E-state index is -0.287. The van der Waals surface area contributed by atoms with Crippen molar-refractivity contribution in [1.82, 2.24) is 10.2 Å². The quantitative estimate of drug-likeness (QED) is 0.851. The molecule has 4 nitrogen and oxygen atoms in total. The van der Waals surface area contributed by atoms with Gasteiger partial charge in [-0.2, -0.15) is 5.26 Å². The van der Waals surface area contributed by atoms with Gasteiger partial charge < -0.3 is 5.32 Å². The van der Waals surface area contributed by atoms with Crippen LogP contribution in [-0.4, -0.2) is 23.9 Å². The summed E-state index contributed by atoms with van der Waals surface area (Å²) in [5.74, 6) is -0.362. The molecule has 0 radical (unpaired) electrons. The third-order valence-electron chi connectivity index (χ3n) is 3.71. The highest BCUT2D eigenvalue weighted by Gasteiger charge is 2.09. The standard InChI is InChI=1S/C19H20FN3O/c1-2-23(13-17-5-3-15(11-21)4-6-17)14-19(24)22-12-16-7-9-18(20)10-8-16/h3-10H,2,12-14H2,1H3,(H,22,24). The Morgan fingerprint density at radius 3 is 2.33 bits per heavy atom. The van der Waals surface area contributed by atoms with Crippen LogP contribution in [0.4, 0.5) is 4.39 Å². The van der Waals surface area contributed by atoms with Crippen LogP contribution in [0.15, 0.2) is 48.5 Å². The van der Waals surface area contributed by atoms with Crippen LogP contribution in [0, 0.1) is 17.1 Å². The van der Waals surface area contributed by atoms with Crippen molar-refractivity contribution < 1.29 is 9.18 Å². The van der Waals surface area contributed by atoms with Crippen LogP contribution in [0.25, 0.3) is 0 Å². The van der Waals surface area contributed by atoms with E-state index >= 15 is 0 Å². The van der Waals surface area contributed by atoms with Crippen LogP contribution in [-0.2, 0) is 17.9 Å². The molecule has 0 spiro atoms. The summed E-state index contributed by atoms with van der Waals surface area (Å²) < 4.78 is 12.8. The summed E-state index contributed by atoms with van der Waals surface area (Å²) in [6.45, 7) is 4.05. The summed E-state index contributed by atoms with van der Waals surface area (Å²) in [6.07, 6.45) is 0. The van der Waals surface area contributed by atoms with Crippen LogP contribution in [0.1, 0.15) is 23.6 Å². The molecule has 1 amide bonds. The minimum absolute atomic E-state index is 0.0742. The lowest BCUT2D eigenvalue weighted by Crippen LogP contribution is -2.36. The van der Waals surface area contributed by atoms with E-state index in [1.54, 1.807) is 24.3 Å². The molecule has 0 aromatic heterocycles. The molecule has 0 aliphatic carbocycles. The van der Waals surface area contributed by atoms with Crippen LogP contribution < -0.4 is 5.32 Å². The number of rotatable bonds is 7. The van der Waals surface area contributed by atoms with Crippen LogP contribution in [0.2, 0.25) is 0 Å². The van der Waals surface area contributed by atoms with E-state index in [0.717, 1.165) is 17.7 Å². The maximum absolute atomic E-state index is 12.8. The molecular formula is C19H20FN3O. The molecule has 0 saturated carbocycles. The van der Waals surface area contributed by atoms with E-state index in [1.807, 2.05) is 24.0 Å². The van der Waals surface area contributed by atoms with Gasteiger partial charge in [-0.1, -0.05) is 31.2 Å². The number of amides is 1. The maximum Gasteiger partial charge on any atom is 0.234 e. The van der Waals surface area contributed by atoms with E-state index in [4.69, 9.17) is 5.26 Å². The number of hydrogen-bond acceptors (Lipinski definition) is 3. The third-order valence-corrected chi connectivity index (χ3v) is 3.71. The summed E-state index contributed by atoms with van der Waals surface area (Å²) >= 11 is 0. The Balaban J connectivity index is 1.83. The SMILES string of the molecule is CCN(CC(=O)NCc1ccc(F)cc1)Cc1ccc(C#N)cc1. The van der Waals surface area contributed by atoms with Crippen molar-refractivity contribution in [2.24, 2.45) is 0 Å². The first-order valence-corrected chi connectivity index (χ1v) is 7.83. The molecule has 1 N–H and O–H groups in total. The third kappa shape index (κ3) is 5.49. The molecule has 2 aromatic rings. The Bertz CT molecular complexity index is 705. The summed E-state index contributed by atoms with van der Waals surface area (Å²) in [4.78, 5) is 14.1. The second-order valence-electron chi connectivity index (χ2n) is 5.52. The van der Waals surface area contributed by atoms with Crippen molar-refractivity contribution in [3.05, 3.63) is 71.0 Å². The van der Waals surface area contributed by atoms with E-state index in [0.29, 0.717) is 18.7 Å². The fraction of sp³-hybridized carbons (Fsp3) is 0.263. The van der Waals surface area contributed by atoms with Crippen molar-refractivity contribution in [3.63, 3.8) is 0 Å². The van der Waals surface area contributed by atoms with Crippen LogP contribution in [0.5, 0.6) is 0 Å². The molecule has 0 aliphatic heterocycles. The zero-order valence-electron chi connectivity index (χ0n) is 13.6. The molecule has 2 aromatic carbocycles. The van der Waals surface area contributed by atoms with E-state index in [2.05, 4.69) is 11.4 Å². The van der Waals surface area contributed by atoms with Gasteiger partial charge in [0.25, 0.3) is 0 Å². The number of carbonyl (C=O) groups is 1. The fourth-order valence-corrected chi connectivity index (χ4v) is 2.28. The predicted octanol–water partition coefficient (Wildman–Crippen LogP) is 2.84. The number of nitriles is 1. The smallest absolute Gasteiger partial charge is 0.234 e. The van der Waals surface area contributed by atoms with Crippen molar-refractivity contribution in [1.29, 1.82) is 5.26 Å². The van der Waals surface area contributed by atoms with Gasteiger partial charge in [0, 0.05) is 13.1 Å². The summed E-state index contributed by atoms with van der Waals surface area (Å²) in [7, 11) is 0. The van der Waals surface area contributed by atoms with Gasteiger partial charge in [0.15, 0.2) is 0 Å². The zero-order chi connectivity index (χ0) is 17.4. The normalized spacial score (nSPS) is 10.4. The van der Waals surface area contributed by atoms with Gasteiger partial charge in [0.1, 0.15) is 5.82 Å². The van der Waals surface area contributed by atoms with E-state index in [9.17, 15) is 9.18 Å². The molecule has 0 saturated heterocycles. The summed E-state index contributed by atoms with van der Waals surface area (Å²) in [6, 6.07) is 15.5. The highest BCUT2D eigenvalue weighted by atomic mass is 19.1. The van der Waals surface area contributed by atoms with E-state index < -0.39 is 0 Å². The Kier molecular flexibility index (Phi) is 6.47. The Morgan fingerprint density at radius 1 is 1.12 bits per heavy atom. The number of halogens is 1. The highest BCUT2D eigenvalue weighted by Crippen LogP contribution is 2.07. The zero-order valence-corrected chi connectivity index (χ0v) is 13.6. The number of likely N-dealkylation sites (N-methyl/N-ethyl adjacent to an activating group) is 1. The van der Waals surface area contributed by atoms with Crippen molar-refractivity contribution >= 4 is 5.91 Å². The van der Waals surface area contributed by atoms with E-state index in [-0.39, 0.29) is 18.3 Å². The fourth-order valence-electron chi connectivity index (χ4n) is 2.28. The van der Waals surface area contributed by atoms with Gasteiger partial charge in [-0.15, -0.1) is 0 Å². The molecule has 0 unspecified atom stereocenters. The maximum atomic E-state index is 12.8. The van der Waals surface area contributed by atoms with Crippen molar-refractivity contribution in [3.8, 4) is 6.07 Å². The first kappa shape index (κ1) is 17.6. The van der Waals surface area contributed by atoms with Gasteiger partial charge in [-0.25, -0.2) is 4.39 Å². The molecule has 0 bridgehead atoms. The lowest BCUT2D eigenvalue weighted by Gasteiger charge is -2.20. The molecule has 0 heterocycles. The highest BCUT2D eigenvalue weighted by molar-refractivity contribution is 5.78. The Hall–Kier alpha value is -2.71. The van der Waals surface area contributed by atoms with E-state index in [1.165, 1.54) is 12.1 Å². The first-order valence-electron chi connectivity index (χ1n) is 7.83. The summed E-state index contributed by atoms with van der Waals surface area (Å²) in [5, 5.41) is 11.7. The van der Waals surface area contributed by atoms with Gasteiger partial charge in [0.05, 0.1) is 18.2 Å². The second-order valence-corrected chi connectivity index (χ2v) is 5.52. The number of nitrogens with zero attached hydrogens (tertiary/aromatic N) is 2. The lowest BCUT2D eigenvalue weighted by molar-refractivity contribution is -0.122. The number of benzene rings is 2. The molecule has 2 rings (SSSR count). The topological polar surface area (TPSA) is 56.1 Å². The summed E-state index contributed by atoms with van der Waals surface area (Å²) in [5.41, 5.74) is 2.54. The van der Waals surface area contributed by atoms with Gasteiger partial charge in [-0.3, -0.25) is 9.69 Å². The molecule has 124 valence electrons. The molecule has 0 aliphatic rings. The average Bonchev–Trinajstić information content (AvgIpc) is 2.61. The Morgan fingerprint density at radius 2 is 1.75 bits per heavy atom. The van der Waals surface area contributed by atoms with Gasteiger partial charge in [-0.05, 0) is 41.9 Å². The molecular weight excluding hydrogens is 305 g/mol. The molecule has 0 fully saturated rings. The molecule has 24 heavy (non-hydrogen) atoms. The number of carbonyl (C=O) groups excluding carboxylic acids is 1. The first-order chi connectivity index (χ1) is 11.6. The monoisotopic (exact) mass is 325 g/mol. The van der Waals surface area contributed by atoms with Crippen molar-refractivity contribution in [2.75, 3.05) is 13.1 Å². The second kappa shape index (κ2) is 8.80. The predicted molar refractivity (Wildman–Crippen MR) is 90.4 cm³/mol. The van der Waals surface area contributed by atoms with Crippen LogP contribution in [0.3, 0.4) is 0 Å². The number of hydrogen-bond donors (Lipinski definition) is 1. The van der Waals surface area contributed by atoms with Crippen molar-refractivity contribution in [2.45, 2.75) is 20.0 Å².